The molecule has 0 spiro atoms. The fourth-order valence-corrected chi connectivity index (χ4v) is 0.278. The Hall–Kier alpha value is -0.0236. The minimum atomic E-state index is -0.312. The third-order valence-corrected chi connectivity index (χ3v) is 0.446. The van der Waals surface area contributed by atoms with Crippen molar-refractivity contribution in [3.63, 3.8) is 0 Å². The molecule has 0 atom stereocenters. The molecular formula is C5H10GaO2. The third kappa shape index (κ3) is 9.36. The van der Waals surface area contributed by atoms with Crippen LogP contribution in [0, 0.1) is 6.92 Å². The quantitative estimate of drug-likeness (QED) is 0.403. The van der Waals surface area contributed by atoms with E-state index in [9.17, 15) is 9.59 Å². The molecule has 3 heteroatoms. The van der Waals surface area contributed by atoms with E-state index in [2.05, 4.69) is 6.92 Å². The Bertz CT molecular complexity index is 86.6. The van der Waals surface area contributed by atoms with Gasteiger partial charge in [0, 0.05) is 6.92 Å². The van der Waals surface area contributed by atoms with Crippen molar-refractivity contribution in [3.05, 3.63) is 6.92 Å². The van der Waals surface area contributed by atoms with Gasteiger partial charge in [0.15, 0.2) is 0 Å². The molecule has 0 fully saturated rings. The molecule has 0 amide bonds. The van der Waals surface area contributed by atoms with Gasteiger partial charge in [0.25, 0.3) is 0 Å². The first kappa shape index (κ1) is 10.9. The molecule has 0 unspecified atom stereocenters. The first-order chi connectivity index (χ1) is 3.13. The van der Waals surface area contributed by atoms with E-state index in [0.717, 1.165) is 0 Å². The predicted molar refractivity (Wildman–Crippen MR) is 35.6 cm³/mol. The van der Waals surface area contributed by atoms with Gasteiger partial charge in [-0.3, -0.25) is 9.59 Å². The average Bonchev–Trinajstić information content (AvgIpc) is 1.27. The summed E-state index contributed by atoms with van der Waals surface area (Å²) in [5.41, 5.74) is 0. The summed E-state index contributed by atoms with van der Waals surface area (Å²) in [5.74, 6) is -0.437. The fraction of sp³-hybridized carbons (Fsp3) is 0.400. The molecule has 0 rings (SSSR count). The maximum absolute atomic E-state index is 9.99. The summed E-state index contributed by atoms with van der Waals surface area (Å²) in [6.07, 6.45) is -0.0278. The van der Waals surface area contributed by atoms with E-state index in [4.69, 9.17) is 0 Å². The van der Waals surface area contributed by atoms with Crippen molar-refractivity contribution < 1.29 is 9.59 Å². The molecule has 2 nitrogen and oxygen atoms in total. The van der Waals surface area contributed by atoms with E-state index in [1.807, 2.05) is 0 Å². The Morgan fingerprint density at radius 2 is 1.88 bits per heavy atom. The Morgan fingerprint density at radius 1 is 1.50 bits per heavy atom. The van der Waals surface area contributed by atoms with E-state index < -0.39 is 0 Å². The zero-order valence-electron chi connectivity index (χ0n) is 4.23. The summed E-state index contributed by atoms with van der Waals surface area (Å²) in [7, 11) is 0. The van der Waals surface area contributed by atoms with Gasteiger partial charge in [-0.15, -0.1) is 0 Å². The molecule has 0 heterocycles. The van der Waals surface area contributed by atoms with Crippen LogP contribution in [0.5, 0.6) is 0 Å². The van der Waals surface area contributed by atoms with Gasteiger partial charge in [-0.05, 0) is 6.92 Å². The summed E-state index contributed by atoms with van der Waals surface area (Å²) >= 11 is 0. The summed E-state index contributed by atoms with van der Waals surface area (Å²) < 4.78 is 0. The van der Waals surface area contributed by atoms with Crippen molar-refractivity contribution in [1.82, 2.24) is 0 Å². The van der Waals surface area contributed by atoms with Crippen molar-refractivity contribution in [2.24, 2.45) is 0 Å². The van der Waals surface area contributed by atoms with Crippen LogP contribution in [0.4, 0.5) is 0 Å². The van der Waals surface area contributed by atoms with Crippen LogP contribution in [0.1, 0.15) is 13.3 Å². The van der Waals surface area contributed by atoms with Gasteiger partial charge in [-0.25, -0.2) is 0 Å². The molecule has 8 heavy (non-hydrogen) atoms. The van der Waals surface area contributed by atoms with Crippen LogP contribution in [-0.2, 0) is 9.59 Å². The van der Waals surface area contributed by atoms with Crippen molar-refractivity contribution in [1.29, 1.82) is 0 Å². The summed E-state index contributed by atoms with van der Waals surface area (Å²) in [4.78, 5) is 19.9. The number of ketones is 2. The topological polar surface area (TPSA) is 34.1 Å². The van der Waals surface area contributed by atoms with Crippen LogP contribution >= 0.6 is 0 Å². The molecule has 45 valence electrons. The van der Waals surface area contributed by atoms with Gasteiger partial charge in [0.2, 0.25) is 0 Å². The molecule has 1 radical (unpaired) electrons. The van der Waals surface area contributed by atoms with Crippen molar-refractivity contribution in [3.8, 4) is 0 Å². The monoisotopic (exact) mass is 171 g/mol. The molecular weight excluding hydrogens is 162 g/mol. The molecule has 0 bridgehead atoms. The Labute approximate surface area is 61.7 Å². The zero-order chi connectivity index (χ0) is 5.86. The van der Waals surface area contributed by atoms with E-state index in [1.165, 1.54) is 6.92 Å². The summed E-state index contributed by atoms with van der Waals surface area (Å²) in [6.45, 7) is 4.38. The van der Waals surface area contributed by atoms with Crippen molar-refractivity contribution in [2.45, 2.75) is 13.3 Å². The van der Waals surface area contributed by atoms with Gasteiger partial charge in [0.1, 0.15) is 11.6 Å². The molecule has 0 aromatic rings. The molecule has 0 aliphatic heterocycles. The van der Waals surface area contributed by atoms with Crippen molar-refractivity contribution >= 4 is 31.4 Å². The molecule has 0 saturated heterocycles. The number of Topliss-reactive ketones (excluding diaryl/α,β-unsaturated/α-hetero) is 2. The van der Waals surface area contributed by atoms with E-state index >= 15 is 0 Å². The SMILES string of the molecule is [CH2]C(=O)CC(C)=O.[GaH3]. The van der Waals surface area contributed by atoms with Crippen LogP contribution < -0.4 is 0 Å². The normalized spacial score (nSPS) is 7.25. The molecule has 0 N–H and O–H groups in total. The van der Waals surface area contributed by atoms with Crippen LogP contribution in [0.3, 0.4) is 0 Å². The summed E-state index contributed by atoms with van der Waals surface area (Å²) in [6, 6.07) is 0. The Balaban J connectivity index is 0. The zero-order valence-corrected chi connectivity index (χ0v) is 4.23. The Morgan fingerprint density at radius 3 is 1.88 bits per heavy atom. The number of carbonyl (C=O) groups excluding carboxylic acids is 2. The second-order valence-corrected chi connectivity index (χ2v) is 1.42. The Kier molecular flexibility index (Phi) is 6.96. The van der Waals surface area contributed by atoms with E-state index in [-0.39, 0.29) is 37.8 Å². The number of carbonyl (C=O) groups is 2. The molecule has 0 aliphatic rings. The van der Waals surface area contributed by atoms with Crippen LogP contribution in [0.15, 0.2) is 0 Å². The molecule has 0 aliphatic carbocycles. The predicted octanol–water partition coefficient (Wildman–Crippen LogP) is -0.815. The fourth-order valence-electron chi connectivity index (χ4n) is 0.278. The molecule has 0 aromatic heterocycles. The number of rotatable bonds is 2. The second-order valence-electron chi connectivity index (χ2n) is 1.42. The number of hydrogen-bond acceptors (Lipinski definition) is 2. The van der Waals surface area contributed by atoms with Gasteiger partial charge < -0.3 is 0 Å². The maximum atomic E-state index is 9.99. The van der Waals surface area contributed by atoms with Gasteiger partial charge in [-0.2, -0.15) is 0 Å². The van der Waals surface area contributed by atoms with Crippen LogP contribution in [-0.4, -0.2) is 31.4 Å². The second kappa shape index (κ2) is 5.12. The first-order valence-electron chi connectivity index (χ1n) is 1.97. The first-order valence-corrected chi connectivity index (χ1v) is 1.97. The third-order valence-electron chi connectivity index (χ3n) is 0.446. The van der Waals surface area contributed by atoms with Gasteiger partial charge >= 0.3 is 19.8 Å². The van der Waals surface area contributed by atoms with E-state index in [1.54, 1.807) is 0 Å². The van der Waals surface area contributed by atoms with Gasteiger partial charge in [-0.1, -0.05) is 0 Å². The minimum absolute atomic E-state index is 0. The van der Waals surface area contributed by atoms with Crippen molar-refractivity contribution in [2.75, 3.05) is 0 Å². The summed E-state index contributed by atoms with van der Waals surface area (Å²) in [5, 5.41) is 0. The molecule has 0 aromatic carbocycles. The van der Waals surface area contributed by atoms with Crippen LogP contribution in [0.25, 0.3) is 0 Å². The van der Waals surface area contributed by atoms with Gasteiger partial charge in [0.05, 0.1) is 6.42 Å². The average molecular weight is 172 g/mol. The standard InChI is InChI=1S/C5H7O2.Ga.3H/c1-4(6)3-5(2)7;;;;/h1,3H2,2H3;;;;. The molecule has 0 saturated carbocycles. The van der Waals surface area contributed by atoms with E-state index in [0.29, 0.717) is 0 Å². The van der Waals surface area contributed by atoms with Crippen LogP contribution in [0.2, 0.25) is 0 Å². The number of hydrogen-bond donors (Lipinski definition) is 0.